The maximum absolute atomic E-state index is 12.6. The average Bonchev–Trinajstić information content (AvgIpc) is 2.58. The van der Waals surface area contributed by atoms with Gasteiger partial charge in [0.25, 0.3) is 0 Å². The largest absolute Gasteiger partial charge is 0.504 e. The standard InChI is InChI=1S/C19H17IO4/c1-3-19(2,20)18(23)24-17-12-7-5-4-6-11(12)10-14-13(17)8-9-15(21)16(14)22/h4-10,21-22H,3H2,1-2H3. The van der Waals surface area contributed by atoms with Crippen LogP contribution in [0.2, 0.25) is 0 Å². The minimum Gasteiger partial charge on any atom is -0.504 e. The highest BCUT2D eigenvalue weighted by atomic mass is 127. The van der Waals surface area contributed by atoms with Crippen LogP contribution in [0.4, 0.5) is 0 Å². The van der Waals surface area contributed by atoms with Gasteiger partial charge < -0.3 is 14.9 Å². The lowest BCUT2D eigenvalue weighted by atomic mass is 10.0. The van der Waals surface area contributed by atoms with Crippen molar-refractivity contribution in [1.82, 2.24) is 0 Å². The first kappa shape index (κ1) is 16.8. The van der Waals surface area contributed by atoms with Crippen LogP contribution in [0.5, 0.6) is 17.2 Å². The van der Waals surface area contributed by atoms with Gasteiger partial charge in [0.1, 0.15) is 9.17 Å². The third-order valence-electron chi connectivity index (χ3n) is 4.23. The smallest absolute Gasteiger partial charge is 0.327 e. The molecule has 5 heteroatoms. The highest BCUT2D eigenvalue weighted by molar-refractivity contribution is 14.1. The van der Waals surface area contributed by atoms with Crippen LogP contribution in [0.3, 0.4) is 0 Å². The topological polar surface area (TPSA) is 66.8 Å². The Bertz CT molecular complexity index is 947. The fraction of sp³-hybridized carbons (Fsp3) is 0.211. The Morgan fingerprint density at radius 1 is 1.12 bits per heavy atom. The molecule has 0 heterocycles. The van der Waals surface area contributed by atoms with E-state index in [1.807, 2.05) is 38.1 Å². The van der Waals surface area contributed by atoms with Gasteiger partial charge in [0.15, 0.2) is 11.5 Å². The average molecular weight is 436 g/mol. The zero-order valence-electron chi connectivity index (χ0n) is 13.3. The summed E-state index contributed by atoms with van der Waals surface area (Å²) in [5.41, 5.74) is 0. The molecule has 4 nitrogen and oxygen atoms in total. The quantitative estimate of drug-likeness (QED) is 0.153. The summed E-state index contributed by atoms with van der Waals surface area (Å²) in [6, 6.07) is 12.3. The van der Waals surface area contributed by atoms with Crippen molar-refractivity contribution in [2.45, 2.75) is 23.7 Å². The third-order valence-corrected chi connectivity index (χ3v) is 5.43. The number of phenolic OH excluding ortho intramolecular Hbond substituents is 2. The Morgan fingerprint density at radius 2 is 1.83 bits per heavy atom. The van der Waals surface area contributed by atoms with Crippen molar-refractivity contribution in [3.8, 4) is 17.2 Å². The van der Waals surface area contributed by atoms with E-state index in [0.717, 1.165) is 10.8 Å². The first-order valence-electron chi connectivity index (χ1n) is 7.62. The zero-order valence-corrected chi connectivity index (χ0v) is 15.5. The second kappa shape index (κ2) is 6.12. The van der Waals surface area contributed by atoms with Gasteiger partial charge in [-0.25, -0.2) is 0 Å². The molecule has 0 aliphatic carbocycles. The van der Waals surface area contributed by atoms with Crippen molar-refractivity contribution < 1.29 is 19.7 Å². The van der Waals surface area contributed by atoms with Crippen LogP contribution in [0, 0.1) is 0 Å². The van der Waals surface area contributed by atoms with Crippen molar-refractivity contribution in [2.24, 2.45) is 0 Å². The Morgan fingerprint density at radius 3 is 2.54 bits per heavy atom. The molecule has 0 amide bonds. The molecule has 0 saturated carbocycles. The SMILES string of the molecule is CCC(C)(I)C(=O)Oc1c2ccccc2cc2c(O)c(O)ccc12. The number of fused-ring (bicyclic) bond motifs is 2. The molecule has 1 atom stereocenters. The van der Waals surface area contributed by atoms with Gasteiger partial charge in [-0.2, -0.15) is 0 Å². The summed E-state index contributed by atoms with van der Waals surface area (Å²) in [5.74, 6) is -0.360. The van der Waals surface area contributed by atoms with Crippen LogP contribution >= 0.6 is 22.6 Å². The van der Waals surface area contributed by atoms with Crippen LogP contribution in [0.1, 0.15) is 20.3 Å². The molecule has 0 aromatic heterocycles. The van der Waals surface area contributed by atoms with E-state index in [0.29, 0.717) is 22.9 Å². The fourth-order valence-electron chi connectivity index (χ4n) is 2.52. The van der Waals surface area contributed by atoms with Gasteiger partial charge in [-0.15, -0.1) is 0 Å². The number of ether oxygens (including phenoxy) is 1. The number of hydrogen-bond donors (Lipinski definition) is 2. The molecule has 0 spiro atoms. The lowest BCUT2D eigenvalue weighted by Crippen LogP contribution is -2.31. The Kier molecular flexibility index (Phi) is 4.29. The van der Waals surface area contributed by atoms with Gasteiger partial charge in [0.05, 0.1) is 0 Å². The molecule has 0 fully saturated rings. The van der Waals surface area contributed by atoms with Crippen molar-refractivity contribution in [3.63, 3.8) is 0 Å². The van der Waals surface area contributed by atoms with Crippen LogP contribution in [-0.2, 0) is 4.79 Å². The Balaban J connectivity index is 2.30. The van der Waals surface area contributed by atoms with Gasteiger partial charge in [0.2, 0.25) is 0 Å². The van der Waals surface area contributed by atoms with Gasteiger partial charge >= 0.3 is 5.97 Å². The molecule has 0 aliphatic heterocycles. The van der Waals surface area contributed by atoms with Crippen LogP contribution in [-0.4, -0.2) is 19.6 Å². The number of benzene rings is 3. The zero-order chi connectivity index (χ0) is 17.5. The summed E-state index contributed by atoms with van der Waals surface area (Å²) < 4.78 is 5.11. The normalized spacial score (nSPS) is 13.8. The fourth-order valence-corrected chi connectivity index (χ4v) is 2.63. The molecule has 24 heavy (non-hydrogen) atoms. The van der Waals surface area contributed by atoms with Crippen molar-refractivity contribution >= 4 is 50.1 Å². The van der Waals surface area contributed by atoms with Crippen molar-refractivity contribution in [2.75, 3.05) is 0 Å². The predicted octanol–water partition coefficient (Wildman–Crippen LogP) is 4.91. The number of halogens is 1. The number of carbonyl (C=O) groups excluding carboxylic acids is 1. The lowest BCUT2D eigenvalue weighted by Gasteiger charge is -2.20. The molecule has 0 radical (unpaired) electrons. The van der Waals surface area contributed by atoms with E-state index in [-0.39, 0.29) is 17.5 Å². The first-order chi connectivity index (χ1) is 11.3. The number of carbonyl (C=O) groups is 1. The summed E-state index contributed by atoms with van der Waals surface area (Å²) >= 11 is 2.09. The predicted molar refractivity (Wildman–Crippen MR) is 103 cm³/mol. The molecule has 124 valence electrons. The molecule has 0 bridgehead atoms. The number of rotatable bonds is 3. The first-order valence-corrected chi connectivity index (χ1v) is 8.70. The maximum Gasteiger partial charge on any atom is 0.327 e. The van der Waals surface area contributed by atoms with Crippen LogP contribution in [0.25, 0.3) is 21.5 Å². The number of alkyl halides is 1. The van der Waals surface area contributed by atoms with Gasteiger partial charge in [-0.1, -0.05) is 53.8 Å². The van der Waals surface area contributed by atoms with Gasteiger partial charge in [-0.3, -0.25) is 4.79 Å². The molecule has 1 unspecified atom stereocenters. The van der Waals surface area contributed by atoms with Crippen LogP contribution < -0.4 is 4.74 Å². The van der Waals surface area contributed by atoms with E-state index in [4.69, 9.17) is 4.74 Å². The molecule has 0 saturated heterocycles. The Hall–Kier alpha value is -2.02. The molecule has 3 aromatic carbocycles. The third kappa shape index (κ3) is 2.77. The molecule has 2 N–H and O–H groups in total. The lowest BCUT2D eigenvalue weighted by molar-refractivity contribution is -0.136. The monoisotopic (exact) mass is 436 g/mol. The van der Waals surface area contributed by atoms with Gasteiger partial charge in [-0.05, 0) is 36.9 Å². The van der Waals surface area contributed by atoms with Crippen LogP contribution in [0.15, 0.2) is 42.5 Å². The van der Waals surface area contributed by atoms with E-state index in [1.165, 1.54) is 6.07 Å². The van der Waals surface area contributed by atoms with E-state index in [2.05, 4.69) is 22.6 Å². The number of hydrogen-bond acceptors (Lipinski definition) is 4. The summed E-state index contributed by atoms with van der Waals surface area (Å²) in [7, 11) is 0. The highest BCUT2D eigenvalue weighted by Gasteiger charge is 2.31. The second-order valence-corrected chi connectivity index (χ2v) is 8.28. The second-order valence-electron chi connectivity index (χ2n) is 5.90. The molecular formula is C19H17IO4. The van der Waals surface area contributed by atoms with E-state index in [1.54, 1.807) is 12.1 Å². The van der Waals surface area contributed by atoms with Crippen molar-refractivity contribution in [1.29, 1.82) is 0 Å². The summed E-state index contributed by atoms with van der Waals surface area (Å²) in [6.45, 7) is 3.76. The molecule has 3 rings (SSSR count). The minimum absolute atomic E-state index is 0.206. The van der Waals surface area contributed by atoms with Gasteiger partial charge in [0, 0.05) is 16.2 Å². The molecule has 0 aliphatic rings. The van der Waals surface area contributed by atoms with E-state index >= 15 is 0 Å². The minimum atomic E-state index is -0.639. The summed E-state index contributed by atoms with van der Waals surface area (Å²) in [5, 5.41) is 22.6. The number of aromatic hydroxyl groups is 2. The Labute approximate surface area is 153 Å². The molecular weight excluding hydrogens is 419 g/mol. The van der Waals surface area contributed by atoms with E-state index < -0.39 is 3.42 Å². The maximum atomic E-state index is 12.6. The van der Waals surface area contributed by atoms with E-state index in [9.17, 15) is 15.0 Å². The van der Waals surface area contributed by atoms with Crippen molar-refractivity contribution in [3.05, 3.63) is 42.5 Å². The molecule has 3 aromatic rings. The number of phenols is 2. The summed E-state index contributed by atoms with van der Waals surface area (Å²) in [4.78, 5) is 12.6. The summed E-state index contributed by atoms with van der Waals surface area (Å²) in [6.07, 6.45) is 0.640. The number of esters is 1. The highest BCUT2D eigenvalue weighted by Crippen LogP contribution is 2.42.